The summed E-state index contributed by atoms with van der Waals surface area (Å²) < 4.78 is 0. The van der Waals surface area contributed by atoms with Gasteiger partial charge < -0.3 is 10.2 Å². The fourth-order valence-electron chi connectivity index (χ4n) is 2.35. The molecule has 1 aliphatic rings. The topological polar surface area (TPSA) is 74.6 Å². The lowest BCUT2D eigenvalue weighted by Gasteiger charge is -2.17. The number of hydrogen-bond acceptors (Lipinski definition) is 2. The van der Waals surface area contributed by atoms with Crippen molar-refractivity contribution >= 4 is 11.9 Å². The van der Waals surface area contributed by atoms with Gasteiger partial charge in [0.2, 0.25) is 0 Å². The molecule has 1 saturated carbocycles. The monoisotopic (exact) mass is 228 g/mol. The van der Waals surface area contributed by atoms with E-state index in [9.17, 15) is 9.59 Å². The van der Waals surface area contributed by atoms with Gasteiger partial charge in [-0.05, 0) is 25.7 Å². The number of aliphatic carboxylic acids is 2. The van der Waals surface area contributed by atoms with Crippen molar-refractivity contribution in [1.82, 2.24) is 0 Å². The quantitative estimate of drug-likeness (QED) is 0.761. The molecule has 0 aromatic rings. The van der Waals surface area contributed by atoms with E-state index in [4.69, 9.17) is 10.2 Å². The largest absolute Gasteiger partial charge is 0.481 e. The van der Waals surface area contributed by atoms with Crippen molar-refractivity contribution in [2.45, 2.75) is 51.4 Å². The Balaban J connectivity index is 2.43. The van der Waals surface area contributed by atoms with Gasteiger partial charge in [0.1, 0.15) is 0 Å². The summed E-state index contributed by atoms with van der Waals surface area (Å²) in [6.07, 6.45) is 6.12. The lowest BCUT2D eigenvalue weighted by atomic mass is 9.88. The van der Waals surface area contributed by atoms with E-state index >= 15 is 0 Å². The molecule has 4 nitrogen and oxygen atoms in total. The van der Waals surface area contributed by atoms with Crippen LogP contribution in [0.3, 0.4) is 0 Å². The molecule has 0 unspecified atom stereocenters. The van der Waals surface area contributed by atoms with Crippen LogP contribution in [0.15, 0.2) is 0 Å². The minimum absolute atomic E-state index is 0.221. The number of hydrogen-bond donors (Lipinski definition) is 2. The van der Waals surface area contributed by atoms with Gasteiger partial charge in [0, 0.05) is 0 Å². The first kappa shape index (κ1) is 13.0. The molecule has 92 valence electrons. The third-order valence-corrected chi connectivity index (χ3v) is 3.41. The zero-order chi connectivity index (χ0) is 12.0. The lowest BCUT2D eigenvalue weighted by molar-refractivity contribution is -0.144. The third-order valence-electron chi connectivity index (χ3n) is 3.41. The van der Waals surface area contributed by atoms with Crippen molar-refractivity contribution in [3.8, 4) is 0 Å². The summed E-state index contributed by atoms with van der Waals surface area (Å²) in [6.45, 7) is 0. The fourth-order valence-corrected chi connectivity index (χ4v) is 2.35. The van der Waals surface area contributed by atoms with Gasteiger partial charge in [-0.3, -0.25) is 9.59 Å². The summed E-state index contributed by atoms with van der Waals surface area (Å²) in [5, 5.41) is 17.9. The molecule has 16 heavy (non-hydrogen) atoms. The molecule has 1 rings (SSSR count). The Morgan fingerprint density at radius 1 is 0.688 bits per heavy atom. The maximum Gasteiger partial charge on any atom is 0.306 e. The van der Waals surface area contributed by atoms with Crippen molar-refractivity contribution in [2.24, 2.45) is 11.8 Å². The van der Waals surface area contributed by atoms with E-state index in [1.807, 2.05) is 0 Å². The van der Waals surface area contributed by atoms with E-state index in [0.717, 1.165) is 25.7 Å². The second kappa shape index (κ2) is 6.51. The van der Waals surface area contributed by atoms with Crippen LogP contribution in [0.2, 0.25) is 0 Å². The van der Waals surface area contributed by atoms with E-state index in [-0.39, 0.29) is 11.8 Å². The second-order valence-electron chi connectivity index (χ2n) is 4.64. The molecule has 0 heterocycles. The summed E-state index contributed by atoms with van der Waals surface area (Å²) in [4.78, 5) is 21.8. The molecule has 0 saturated heterocycles. The highest BCUT2D eigenvalue weighted by Crippen LogP contribution is 2.24. The van der Waals surface area contributed by atoms with E-state index < -0.39 is 11.9 Å². The van der Waals surface area contributed by atoms with Gasteiger partial charge in [0.15, 0.2) is 0 Å². The Morgan fingerprint density at radius 3 is 1.12 bits per heavy atom. The van der Waals surface area contributed by atoms with Crippen molar-refractivity contribution in [3.63, 3.8) is 0 Å². The zero-order valence-electron chi connectivity index (χ0n) is 9.52. The second-order valence-corrected chi connectivity index (χ2v) is 4.64. The van der Waals surface area contributed by atoms with Gasteiger partial charge >= 0.3 is 11.9 Å². The molecular formula is C12H20O4. The molecule has 0 bridgehead atoms. The predicted octanol–water partition coefficient (Wildman–Crippen LogP) is 2.52. The molecule has 0 atom stereocenters. The van der Waals surface area contributed by atoms with E-state index in [1.54, 1.807) is 0 Å². The molecule has 0 aromatic heterocycles. The Morgan fingerprint density at radius 2 is 0.938 bits per heavy atom. The number of carboxylic acid groups (broad SMARTS) is 2. The molecule has 0 spiro atoms. The highest BCUT2D eigenvalue weighted by atomic mass is 16.4. The summed E-state index contributed by atoms with van der Waals surface area (Å²) >= 11 is 0. The van der Waals surface area contributed by atoms with Crippen LogP contribution < -0.4 is 0 Å². The average molecular weight is 228 g/mol. The fraction of sp³-hybridized carbons (Fsp3) is 0.833. The van der Waals surface area contributed by atoms with E-state index in [1.165, 1.54) is 0 Å². The highest BCUT2D eigenvalue weighted by Gasteiger charge is 2.21. The summed E-state index contributed by atoms with van der Waals surface area (Å²) in [7, 11) is 0. The number of carbonyl (C=O) groups is 2. The van der Waals surface area contributed by atoms with Crippen molar-refractivity contribution < 1.29 is 19.8 Å². The Kier molecular flexibility index (Phi) is 5.29. The minimum Gasteiger partial charge on any atom is -0.481 e. The highest BCUT2D eigenvalue weighted by molar-refractivity contribution is 5.70. The number of carboxylic acids is 2. The minimum atomic E-state index is -0.699. The van der Waals surface area contributed by atoms with Crippen LogP contribution in [0, 0.1) is 11.8 Å². The standard InChI is InChI=1S/C12H20O4/c13-11(14)9-5-1-2-6-10(12(15)16)8-4-3-7-9/h9-10H,1-8H2,(H,13,14)(H,15,16). The first-order chi connectivity index (χ1) is 7.61. The lowest BCUT2D eigenvalue weighted by Crippen LogP contribution is -2.17. The first-order valence-electron chi connectivity index (χ1n) is 6.07. The summed E-state index contributed by atoms with van der Waals surface area (Å²) in [5.41, 5.74) is 0. The molecule has 0 aliphatic heterocycles. The first-order valence-corrected chi connectivity index (χ1v) is 6.07. The van der Waals surface area contributed by atoms with Gasteiger partial charge in [-0.25, -0.2) is 0 Å². The van der Waals surface area contributed by atoms with Gasteiger partial charge in [0.25, 0.3) is 0 Å². The SMILES string of the molecule is O=C(O)C1CCCCC(C(=O)O)CCCC1. The van der Waals surface area contributed by atoms with Crippen LogP contribution in [0.1, 0.15) is 51.4 Å². The molecule has 0 amide bonds. The number of rotatable bonds is 2. The smallest absolute Gasteiger partial charge is 0.306 e. The van der Waals surface area contributed by atoms with Crippen LogP contribution in [-0.2, 0) is 9.59 Å². The molecule has 1 fully saturated rings. The zero-order valence-corrected chi connectivity index (χ0v) is 9.52. The van der Waals surface area contributed by atoms with Crippen LogP contribution in [0.25, 0.3) is 0 Å². The molecule has 2 N–H and O–H groups in total. The molecule has 4 heteroatoms. The van der Waals surface area contributed by atoms with Crippen LogP contribution >= 0.6 is 0 Å². The van der Waals surface area contributed by atoms with E-state index in [0.29, 0.717) is 25.7 Å². The maximum absolute atomic E-state index is 10.9. The maximum atomic E-state index is 10.9. The summed E-state index contributed by atoms with van der Waals surface area (Å²) in [5.74, 6) is -1.84. The Bertz CT molecular complexity index is 211. The van der Waals surface area contributed by atoms with Gasteiger partial charge in [-0.2, -0.15) is 0 Å². The molecule has 0 radical (unpaired) electrons. The summed E-state index contributed by atoms with van der Waals surface area (Å²) in [6, 6.07) is 0. The third kappa shape index (κ3) is 4.21. The molecule has 1 aliphatic carbocycles. The normalized spacial score (nSPS) is 28.2. The van der Waals surface area contributed by atoms with Crippen LogP contribution in [0.4, 0.5) is 0 Å². The Hall–Kier alpha value is -1.06. The van der Waals surface area contributed by atoms with Crippen LogP contribution in [-0.4, -0.2) is 22.2 Å². The molecule has 0 aromatic carbocycles. The Labute approximate surface area is 95.7 Å². The average Bonchev–Trinajstić information content (AvgIpc) is 2.24. The van der Waals surface area contributed by atoms with Crippen molar-refractivity contribution in [3.05, 3.63) is 0 Å². The van der Waals surface area contributed by atoms with Crippen molar-refractivity contribution in [2.75, 3.05) is 0 Å². The van der Waals surface area contributed by atoms with E-state index in [2.05, 4.69) is 0 Å². The van der Waals surface area contributed by atoms with Gasteiger partial charge in [-0.1, -0.05) is 25.7 Å². The predicted molar refractivity (Wildman–Crippen MR) is 59.2 cm³/mol. The molecular weight excluding hydrogens is 208 g/mol. The van der Waals surface area contributed by atoms with Gasteiger partial charge in [0.05, 0.1) is 11.8 Å². The van der Waals surface area contributed by atoms with Gasteiger partial charge in [-0.15, -0.1) is 0 Å². The van der Waals surface area contributed by atoms with Crippen molar-refractivity contribution in [1.29, 1.82) is 0 Å². The van der Waals surface area contributed by atoms with Crippen LogP contribution in [0.5, 0.6) is 0 Å².